The molecule has 1 fully saturated rings. The summed E-state index contributed by atoms with van der Waals surface area (Å²) >= 11 is 5.93. The summed E-state index contributed by atoms with van der Waals surface area (Å²) in [4.78, 5) is 31.9. The van der Waals surface area contributed by atoms with E-state index in [1.165, 1.54) is 13.2 Å². The minimum Gasteiger partial charge on any atom is -0.453 e. The third kappa shape index (κ3) is 6.11. The van der Waals surface area contributed by atoms with Gasteiger partial charge >= 0.3 is 6.09 Å². The first-order valence-electron chi connectivity index (χ1n) is 14.0. The standard InChI is InChI=1S/C32H33ClF2N4O3/c1-18-5-4-6-28(39-14-12-21(16-29(39)40)30-25(34)10-9-24(33)31(30)35)27-15-20(11-13-36-27)23-8-7-22(38-32(41)42-3)17-26(23)37-19(18)2/h7-11,13,15,17-18,21,28,37H,2,4-6,12,14,16H2,1,3H3,(H,38,41)/t18-,21?,28+/m1/s1. The Labute approximate surface area is 248 Å². The molecule has 220 valence electrons. The molecule has 10 heteroatoms. The lowest BCUT2D eigenvalue weighted by molar-refractivity contribution is -0.137. The second-order valence-electron chi connectivity index (χ2n) is 10.9. The largest absolute Gasteiger partial charge is 0.453 e. The molecule has 1 aromatic heterocycles. The average molecular weight is 595 g/mol. The van der Waals surface area contributed by atoms with Crippen molar-refractivity contribution >= 4 is 35.0 Å². The van der Waals surface area contributed by atoms with E-state index in [-0.39, 0.29) is 34.9 Å². The van der Waals surface area contributed by atoms with Gasteiger partial charge in [-0.2, -0.15) is 0 Å². The number of hydrogen-bond acceptors (Lipinski definition) is 5. The molecule has 3 atom stereocenters. The number of carbonyl (C=O) groups is 2. The van der Waals surface area contributed by atoms with Crippen LogP contribution in [-0.4, -0.2) is 35.5 Å². The van der Waals surface area contributed by atoms with Gasteiger partial charge in [-0.3, -0.25) is 15.1 Å². The van der Waals surface area contributed by atoms with Gasteiger partial charge in [0.1, 0.15) is 11.6 Å². The Kier molecular flexibility index (Phi) is 8.77. The first-order valence-corrected chi connectivity index (χ1v) is 14.4. The number of piperidine rings is 1. The number of benzene rings is 2. The first-order chi connectivity index (χ1) is 20.2. The number of allylic oxidation sites excluding steroid dienone is 1. The van der Waals surface area contributed by atoms with Crippen molar-refractivity contribution in [1.82, 2.24) is 9.88 Å². The lowest BCUT2D eigenvalue weighted by atomic mass is 9.86. The van der Waals surface area contributed by atoms with Crippen LogP contribution in [0.25, 0.3) is 11.1 Å². The molecule has 0 aliphatic carbocycles. The summed E-state index contributed by atoms with van der Waals surface area (Å²) in [6, 6.07) is 11.4. The Morgan fingerprint density at radius 3 is 2.74 bits per heavy atom. The molecule has 1 saturated heterocycles. The zero-order valence-corrected chi connectivity index (χ0v) is 24.3. The van der Waals surface area contributed by atoms with E-state index in [0.29, 0.717) is 25.1 Å². The SMILES string of the molecule is C=C1Nc2cc(NC(=O)OC)ccc2-c2ccnc(c2)[C@@H](N2CCC(c3c(F)ccc(Cl)c3F)CC2=O)CCC[C@H]1C. The summed E-state index contributed by atoms with van der Waals surface area (Å²) in [7, 11) is 1.31. The predicted molar refractivity (Wildman–Crippen MR) is 159 cm³/mol. The smallest absolute Gasteiger partial charge is 0.411 e. The number of ether oxygens (including phenoxy) is 1. The van der Waals surface area contributed by atoms with Crippen molar-refractivity contribution in [3.05, 3.63) is 88.9 Å². The van der Waals surface area contributed by atoms with E-state index in [4.69, 9.17) is 16.3 Å². The maximum absolute atomic E-state index is 14.8. The fourth-order valence-electron chi connectivity index (χ4n) is 5.84. The number of aromatic nitrogens is 1. The molecule has 7 nitrogen and oxygen atoms in total. The van der Waals surface area contributed by atoms with Crippen molar-refractivity contribution in [1.29, 1.82) is 0 Å². The van der Waals surface area contributed by atoms with Crippen molar-refractivity contribution in [3.8, 4) is 11.1 Å². The summed E-state index contributed by atoms with van der Waals surface area (Å²) in [6.45, 7) is 6.70. The van der Waals surface area contributed by atoms with Crippen molar-refractivity contribution in [3.63, 3.8) is 0 Å². The zero-order chi connectivity index (χ0) is 30.0. The third-order valence-corrected chi connectivity index (χ3v) is 8.51. The first kappa shape index (κ1) is 29.5. The van der Waals surface area contributed by atoms with Crippen molar-refractivity contribution < 1.29 is 23.1 Å². The molecule has 0 radical (unpaired) electrons. The highest BCUT2D eigenvalue weighted by molar-refractivity contribution is 6.30. The number of carbonyl (C=O) groups excluding carboxylic acids is 2. The Hall–Kier alpha value is -3.98. The van der Waals surface area contributed by atoms with Crippen LogP contribution in [0.1, 0.15) is 62.2 Å². The van der Waals surface area contributed by atoms with Crippen LogP contribution in [0.5, 0.6) is 0 Å². The number of amides is 2. The van der Waals surface area contributed by atoms with Crippen molar-refractivity contribution in [2.24, 2.45) is 5.92 Å². The highest BCUT2D eigenvalue weighted by Gasteiger charge is 2.35. The topological polar surface area (TPSA) is 83.6 Å². The molecule has 3 aromatic rings. The van der Waals surface area contributed by atoms with Crippen LogP contribution < -0.4 is 10.6 Å². The number of methoxy groups -OCH3 is 1. The second kappa shape index (κ2) is 12.5. The van der Waals surface area contributed by atoms with Crippen LogP contribution in [0.15, 0.2) is 60.9 Å². The molecule has 42 heavy (non-hydrogen) atoms. The monoisotopic (exact) mass is 594 g/mol. The fraction of sp³-hybridized carbons (Fsp3) is 0.344. The quantitative estimate of drug-likeness (QED) is 0.300. The molecule has 5 rings (SSSR count). The Balaban J connectivity index is 1.48. The molecular formula is C32H33ClF2N4O3. The summed E-state index contributed by atoms with van der Waals surface area (Å²) < 4.78 is 34.1. The van der Waals surface area contributed by atoms with Gasteiger partial charge in [-0.15, -0.1) is 0 Å². The van der Waals surface area contributed by atoms with E-state index in [1.807, 2.05) is 24.3 Å². The van der Waals surface area contributed by atoms with Gasteiger partial charge in [0, 0.05) is 53.3 Å². The van der Waals surface area contributed by atoms with E-state index in [0.717, 1.165) is 47.1 Å². The summed E-state index contributed by atoms with van der Waals surface area (Å²) in [5.74, 6) is -2.12. The van der Waals surface area contributed by atoms with Gasteiger partial charge in [0.25, 0.3) is 0 Å². The van der Waals surface area contributed by atoms with Gasteiger partial charge in [-0.05, 0) is 67.1 Å². The van der Waals surface area contributed by atoms with Crippen LogP contribution in [-0.2, 0) is 9.53 Å². The number of hydrogen-bond donors (Lipinski definition) is 2. The van der Waals surface area contributed by atoms with Crippen LogP contribution in [0.3, 0.4) is 0 Å². The Morgan fingerprint density at radius 1 is 1.17 bits per heavy atom. The minimum absolute atomic E-state index is 0.0136. The maximum atomic E-state index is 14.8. The van der Waals surface area contributed by atoms with Crippen LogP contribution in [0, 0.1) is 17.6 Å². The molecular weight excluding hydrogens is 562 g/mol. The van der Waals surface area contributed by atoms with Crippen LogP contribution >= 0.6 is 11.6 Å². The van der Waals surface area contributed by atoms with Gasteiger partial charge in [0.2, 0.25) is 5.91 Å². The van der Waals surface area contributed by atoms with Gasteiger partial charge in [0.05, 0.1) is 23.9 Å². The number of anilines is 2. The number of fused-ring (bicyclic) bond motifs is 4. The lowest BCUT2D eigenvalue weighted by Gasteiger charge is -2.38. The van der Waals surface area contributed by atoms with Crippen molar-refractivity contribution in [2.75, 3.05) is 24.3 Å². The number of likely N-dealkylation sites (tertiary alicyclic amines) is 1. The normalized spacial score (nSPS) is 21.0. The minimum atomic E-state index is -0.797. The highest BCUT2D eigenvalue weighted by atomic mass is 35.5. The van der Waals surface area contributed by atoms with Gasteiger partial charge in [-0.1, -0.05) is 37.6 Å². The molecule has 2 N–H and O–H groups in total. The molecule has 3 heterocycles. The van der Waals surface area contributed by atoms with E-state index in [2.05, 4.69) is 29.1 Å². The van der Waals surface area contributed by atoms with Crippen LogP contribution in [0.2, 0.25) is 5.02 Å². The third-order valence-electron chi connectivity index (χ3n) is 8.21. The van der Waals surface area contributed by atoms with E-state index in [9.17, 15) is 18.4 Å². The molecule has 1 unspecified atom stereocenters. The van der Waals surface area contributed by atoms with Gasteiger partial charge in [-0.25, -0.2) is 13.6 Å². The molecule has 0 saturated carbocycles. The maximum Gasteiger partial charge on any atom is 0.411 e. The zero-order valence-electron chi connectivity index (χ0n) is 23.6. The average Bonchev–Trinajstić information content (AvgIpc) is 2.97. The van der Waals surface area contributed by atoms with E-state index >= 15 is 0 Å². The van der Waals surface area contributed by atoms with Crippen molar-refractivity contribution in [2.45, 2.75) is 51.0 Å². The molecule has 2 aliphatic rings. The number of nitrogens with one attached hydrogen (secondary N) is 2. The lowest BCUT2D eigenvalue weighted by Crippen LogP contribution is -2.41. The predicted octanol–water partition coefficient (Wildman–Crippen LogP) is 8.05. The summed E-state index contributed by atoms with van der Waals surface area (Å²) in [5.41, 5.74) is 4.54. The van der Waals surface area contributed by atoms with E-state index < -0.39 is 23.6 Å². The highest BCUT2D eigenvalue weighted by Crippen LogP contribution is 2.40. The fourth-order valence-corrected chi connectivity index (χ4v) is 6.00. The molecule has 2 aromatic carbocycles. The van der Waals surface area contributed by atoms with E-state index in [1.54, 1.807) is 17.2 Å². The Morgan fingerprint density at radius 2 is 1.98 bits per heavy atom. The second-order valence-corrected chi connectivity index (χ2v) is 11.3. The van der Waals surface area contributed by atoms with Crippen LogP contribution in [0.4, 0.5) is 25.0 Å². The van der Waals surface area contributed by atoms with Gasteiger partial charge < -0.3 is 15.0 Å². The number of nitrogens with zero attached hydrogens (tertiary/aromatic N) is 2. The number of pyridine rings is 1. The molecule has 2 amide bonds. The number of rotatable bonds is 3. The number of halogens is 3. The molecule has 2 bridgehead atoms. The summed E-state index contributed by atoms with van der Waals surface area (Å²) in [6.07, 6.45) is 3.85. The Bertz CT molecular complexity index is 1530. The van der Waals surface area contributed by atoms with Gasteiger partial charge in [0.15, 0.2) is 0 Å². The molecule has 0 spiro atoms. The summed E-state index contributed by atoms with van der Waals surface area (Å²) in [5, 5.41) is 5.99. The molecule has 2 aliphatic heterocycles.